The van der Waals surface area contributed by atoms with E-state index in [4.69, 9.17) is 10.7 Å². The highest BCUT2D eigenvalue weighted by molar-refractivity contribution is 14.1. The molecule has 31 heavy (non-hydrogen) atoms. The van der Waals surface area contributed by atoms with E-state index in [1.165, 1.54) is 11.3 Å². The monoisotopic (exact) mass is 532 g/mol. The Balaban J connectivity index is 1.89. The summed E-state index contributed by atoms with van der Waals surface area (Å²) in [6.07, 6.45) is 3.61. The largest absolute Gasteiger partial charge is 0.384 e. The summed E-state index contributed by atoms with van der Waals surface area (Å²) in [6.45, 7) is 15.0. The van der Waals surface area contributed by atoms with Crippen molar-refractivity contribution < 1.29 is 0 Å². The van der Waals surface area contributed by atoms with Gasteiger partial charge in [0, 0.05) is 33.8 Å². The van der Waals surface area contributed by atoms with Crippen LogP contribution in [0.4, 0.5) is 17.2 Å². The van der Waals surface area contributed by atoms with Gasteiger partial charge in [-0.05, 0) is 44.9 Å². The Morgan fingerprint density at radius 1 is 1.35 bits per heavy atom. The van der Waals surface area contributed by atoms with Gasteiger partial charge in [-0.15, -0.1) is 0 Å². The Morgan fingerprint density at radius 2 is 2.10 bits per heavy atom. The van der Waals surface area contributed by atoms with E-state index in [0.29, 0.717) is 12.5 Å². The number of nitrogens with one attached hydrogen (secondary N) is 1. The van der Waals surface area contributed by atoms with Gasteiger partial charge in [0.2, 0.25) is 0 Å². The van der Waals surface area contributed by atoms with Crippen LogP contribution >= 0.6 is 22.6 Å². The topological polar surface area (TPSA) is 79.4 Å². The van der Waals surface area contributed by atoms with E-state index in [-0.39, 0.29) is 3.42 Å². The van der Waals surface area contributed by atoms with Crippen LogP contribution in [0.3, 0.4) is 0 Å². The summed E-state index contributed by atoms with van der Waals surface area (Å²) in [5.41, 5.74) is 11.7. The molecule has 166 valence electrons. The number of rotatable bonds is 9. The lowest BCUT2D eigenvalue weighted by Gasteiger charge is -2.22. The fraction of sp³-hybridized carbons (Fsp3) is 0.458. The number of aryl methyl sites for hydroxylation is 1. The minimum atomic E-state index is 0.246. The van der Waals surface area contributed by atoms with E-state index < -0.39 is 0 Å². The highest BCUT2D eigenvalue weighted by Crippen LogP contribution is 2.44. The Hall–Kier alpha value is -2.00. The van der Waals surface area contributed by atoms with Crippen LogP contribution in [-0.2, 0) is 0 Å². The lowest BCUT2D eigenvalue weighted by atomic mass is 9.98. The molecule has 0 bridgehead atoms. The Bertz CT molecular complexity index is 963. The summed E-state index contributed by atoms with van der Waals surface area (Å²) in [5, 5.41) is 3.41. The lowest BCUT2D eigenvalue weighted by Crippen LogP contribution is -2.24. The van der Waals surface area contributed by atoms with Gasteiger partial charge in [0.05, 0.1) is 11.4 Å². The molecule has 1 aromatic carbocycles. The standard InChI is InChI=1S/C24H33IN6/c1-16(27-13-11-24(4,5)25)17(2)30-22-18(3)28-15-29-23(22)31-14-19(10-12-26)20-8-6-7-9-21(20)31/h6-9,15,19,27H,1,10-14,26H2,2-5H3/b30-17+. The zero-order valence-electron chi connectivity index (χ0n) is 19.0. The van der Waals surface area contributed by atoms with Crippen molar-refractivity contribution in [2.45, 2.75) is 49.9 Å². The number of aromatic nitrogens is 2. The lowest BCUT2D eigenvalue weighted by molar-refractivity contribution is 0.637. The van der Waals surface area contributed by atoms with Gasteiger partial charge in [-0.3, -0.25) is 0 Å². The zero-order valence-corrected chi connectivity index (χ0v) is 21.1. The van der Waals surface area contributed by atoms with E-state index in [9.17, 15) is 0 Å². The number of anilines is 2. The molecule has 3 N–H and O–H groups in total. The number of hydrogen-bond acceptors (Lipinski definition) is 6. The first-order valence-electron chi connectivity index (χ1n) is 10.8. The molecule has 2 heterocycles. The van der Waals surface area contributed by atoms with Crippen LogP contribution in [-0.4, -0.2) is 38.7 Å². The van der Waals surface area contributed by atoms with Crippen molar-refractivity contribution in [3.8, 4) is 0 Å². The molecule has 0 saturated heterocycles. The Kier molecular flexibility index (Phi) is 7.69. The minimum Gasteiger partial charge on any atom is -0.384 e. The van der Waals surface area contributed by atoms with Gasteiger partial charge in [-0.2, -0.15) is 0 Å². The molecule has 0 aliphatic carbocycles. The molecular formula is C24H33IN6. The number of fused-ring (bicyclic) bond motifs is 1. The summed E-state index contributed by atoms with van der Waals surface area (Å²) in [7, 11) is 0. The molecule has 1 aliphatic rings. The van der Waals surface area contributed by atoms with Crippen LogP contribution in [0.1, 0.15) is 50.8 Å². The summed E-state index contributed by atoms with van der Waals surface area (Å²) in [6, 6.07) is 8.50. The highest BCUT2D eigenvalue weighted by atomic mass is 127. The number of benzene rings is 1. The molecule has 6 nitrogen and oxygen atoms in total. The fourth-order valence-electron chi connectivity index (χ4n) is 3.80. The molecule has 2 aromatic rings. The van der Waals surface area contributed by atoms with Crippen LogP contribution in [0.2, 0.25) is 0 Å². The molecule has 1 atom stereocenters. The quantitative estimate of drug-likeness (QED) is 0.265. The molecule has 3 rings (SSSR count). The first-order valence-corrected chi connectivity index (χ1v) is 11.8. The number of allylic oxidation sites excluding steroid dienone is 1. The van der Waals surface area contributed by atoms with Gasteiger partial charge in [0.15, 0.2) is 5.82 Å². The van der Waals surface area contributed by atoms with E-state index >= 15 is 0 Å². The second-order valence-electron chi connectivity index (χ2n) is 8.65. The van der Waals surface area contributed by atoms with Crippen molar-refractivity contribution in [2.24, 2.45) is 10.7 Å². The van der Waals surface area contributed by atoms with Crippen LogP contribution in [0.25, 0.3) is 0 Å². The zero-order chi connectivity index (χ0) is 22.6. The predicted octanol–water partition coefficient (Wildman–Crippen LogP) is 5.17. The van der Waals surface area contributed by atoms with Gasteiger partial charge < -0.3 is 16.0 Å². The number of nitrogens with zero attached hydrogens (tertiary/aromatic N) is 4. The number of hydrogen-bond donors (Lipinski definition) is 2. The summed E-state index contributed by atoms with van der Waals surface area (Å²) in [4.78, 5) is 16.2. The number of nitrogens with two attached hydrogens (primary N) is 1. The van der Waals surface area contributed by atoms with Crippen LogP contribution in [0, 0.1) is 6.92 Å². The second kappa shape index (κ2) is 10.1. The van der Waals surface area contributed by atoms with Gasteiger partial charge in [-0.25, -0.2) is 15.0 Å². The average Bonchev–Trinajstić information content (AvgIpc) is 3.07. The molecule has 0 spiro atoms. The maximum absolute atomic E-state index is 5.89. The van der Waals surface area contributed by atoms with E-state index in [1.54, 1.807) is 6.33 Å². The van der Waals surface area contributed by atoms with E-state index in [1.807, 2.05) is 13.8 Å². The van der Waals surface area contributed by atoms with Crippen LogP contribution in [0.15, 0.2) is 47.9 Å². The maximum Gasteiger partial charge on any atom is 0.162 e. The van der Waals surface area contributed by atoms with Crippen molar-refractivity contribution in [1.82, 2.24) is 15.3 Å². The van der Waals surface area contributed by atoms with Crippen molar-refractivity contribution >= 4 is 45.5 Å². The first kappa shape index (κ1) is 23.7. The molecule has 1 aliphatic heterocycles. The third-order valence-corrected chi connectivity index (χ3v) is 6.14. The number of alkyl halides is 1. The molecule has 0 amide bonds. The molecule has 0 saturated carbocycles. The molecule has 0 radical (unpaired) electrons. The Morgan fingerprint density at radius 3 is 2.81 bits per heavy atom. The van der Waals surface area contributed by atoms with Gasteiger partial charge in [0.1, 0.15) is 12.0 Å². The molecule has 1 aromatic heterocycles. The average molecular weight is 532 g/mol. The SMILES string of the molecule is C=C(NCCC(C)(C)I)/C(C)=N/c1c(C)ncnc1N1CC(CCN)c2ccccc21. The van der Waals surface area contributed by atoms with E-state index in [0.717, 1.165) is 54.5 Å². The van der Waals surface area contributed by atoms with Crippen molar-refractivity contribution in [1.29, 1.82) is 0 Å². The van der Waals surface area contributed by atoms with Crippen molar-refractivity contribution in [3.05, 3.63) is 54.1 Å². The summed E-state index contributed by atoms with van der Waals surface area (Å²) >= 11 is 2.47. The smallest absolute Gasteiger partial charge is 0.162 e. The van der Waals surface area contributed by atoms with Crippen molar-refractivity contribution in [2.75, 3.05) is 24.5 Å². The van der Waals surface area contributed by atoms with Gasteiger partial charge in [-0.1, -0.05) is 61.2 Å². The molecule has 7 heteroatoms. The Labute approximate surface area is 199 Å². The van der Waals surface area contributed by atoms with Gasteiger partial charge in [0.25, 0.3) is 0 Å². The number of halogens is 1. The normalized spacial score (nSPS) is 16.4. The third kappa shape index (κ3) is 5.83. The predicted molar refractivity (Wildman–Crippen MR) is 139 cm³/mol. The third-order valence-electron chi connectivity index (χ3n) is 5.60. The molecule has 1 unspecified atom stereocenters. The first-order chi connectivity index (χ1) is 14.7. The number of aliphatic imine (C=N–C) groups is 1. The minimum absolute atomic E-state index is 0.246. The van der Waals surface area contributed by atoms with Gasteiger partial charge >= 0.3 is 0 Å². The highest BCUT2D eigenvalue weighted by Gasteiger charge is 2.31. The summed E-state index contributed by atoms with van der Waals surface area (Å²) in [5.74, 6) is 1.22. The van der Waals surface area contributed by atoms with Crippen LogP contribution in [0.5, 0.6) is 0 Å². The fourth-order valence-corrected chi connectivity index (χ4v) is 4.07. The van der Waals surface area contributed by atoms with Crippen molar-refractivity contribution in [3.63, 3.8) is 0 Å². The molecule has 0 fully saturated rings. The maximum atomic E-state index is 5.89. The summed E-state index contributed by atoms with van der Waals surface area (Å²) < 4.78 is 0.246. The molecular weight excluding hydrogens is 499 g/mol. The van der Waals surface area contributed by atoms with E-state index in [2.05, 4.69) is 87.5 Å². The number of para-hydroxylation sites is 1. The second-order valence-corrected chi connectivity index (χ2v) is 11.6. The van der Waals surface area contributed by atoms with Crippen LogP contribution < -0.4 is 16.0 Å².